The number of rotatable bonds is 3. The molecule has 0 bridgehead atoms. The average Bonchev–Trinajstić information content (AvgIpc) is 3.25. The van der Waals surface area contributed by atoms with E-state index in [1.165, 1.54) is 0 Å². The number of anilines is 2. The van der Waals surface area contributed by atoms with E-state index in [2.05, 4.69) is 49.8 Å². The summed E-state index contributed by atoms with van der Waals surface area (Å²) in [6.07, 6.45) is 3.79. The molecule has 31 heavy (non-hydrogen) atoms. The lowest BCUT2D eigenvalue weighted by molar-refractivity contribution is 0.0905. The van der Waals surface area contributed by atoms with E-state index >= 15 is 0 Å². The Morgan fingerprint density at radius 1 is 1.06 bits per heavy atom. The van der Waals surface area contributed by atoms with Crippen molar-refractivity contribution in [3.63, 3.8) is 0 Å². The first-order valence-corrected chi connectivity index (χ1v) is 10.6. The number of hydrogen-bond donors (Lipinski definition) is 1. The molecule has 9 nitrogen and oxygen atoms in total. The molecule has 0 radical (unpaired) electrons. The van der Waals surface area contributed by atoms with Gasteiger partial charge in [-0.25, -0.2) is 4.98 Å². The Morgan fingerprint density at radius 2 is 1.97 bits per heavy atom. The van der Waals surface area contributed by atoms with E-state index in [-0.39, 0.29) is 0 Å². The third-order valence-corrected chi connectivity index (χ3v) is 5.99. The van der Waals surface area contributed by atoms with Crippen LogP contribution in [0.15, 0.2) is 36.5 Å². The van der Waals surface area contributed by atoms with E-state index in [4.69, 9.17) is 14.5 Å². The van der Waals surface area contributed by atoms with Gasteiger partial charge in [-0.3, -0.25) is 0 Å². The summed E-state index contributed by atoms with van der Waals surface area (Å²) in [7, 11) is 2.02. The first-order chi connectivity index (χ1) is 15.3. The molecule has 1 aromatic carbocycles. The molecule has 0 saturated carbocycles. The van der Waals surface area contributed by atoms with Crippen molar-refractivity contribution in [1.82, 2.24) is 24.8 Å². The summed E-state index contributed by atoms with van der Waals surface area (Å²) in [6, 6.07) is 10.6. The molecular weight excluding hydrogens is 394 g/mol. The van der Waals surface area contributed by atoms with Crippen LogP contribution in [0.25, 0.3) is 28.1 Å². The van der Waals surface area contributed by atoms with Gasteiger partial charge in [0.15, 0.2) is 5.75 Å². The van der Waals surface area contributed by atoms with E-state index < -0.39 is 0 Å². The monoisotopic (exact) mass is 417 g/mol. The maximum atomic E-state index is 5.88. The summed E-state index contributed by atoms with van der Waals surface area (Å²) in [4.78, 5) is 7.07. The van der Waals surface area contributed by atoms with Crippen LogP contribution < -0.4 is 15.0 Å². The normalized spacial score (nSPS) is 17.0. The predicted molar refractivity (Wildman–Crippen MR) is 118 cm³/mol. The van der Waals surface area contributed by atoms with Gasteiger partial charge in [-0.1, -0.05) is 18.2 Å². The van der Waals surface area contributed by atoms with Crippen molar-refractivity contribution in [2.75, 3.05) is 43.6 Å². The van der Waals surface area contributed by atoms with Gasteiger partial charge < -0.3 is 19.7 Å². The van der Waals surface area contributed by atoms with Crippen LogP contribution in [-0.2, 0) is 4.74 Å². The highest BCUT2D eigenvalue weighted by atomic mass is 16.5. The van der Waals surface area contributed by atoms with Crippen LogP contribution >= 0.6 is 0 Å². The van der Waals surface area contributed by atoms with Crippen molar-refractivity contribution in [3.05, 3.63) is 36.5 Å². The zero-order valence-electron chi connectivity index (χ0n) is 17.3. The fourth-order valence-corrected chi connectivity index (χ4v) is 4.24. The maximum absolute atomic E-state index is 5.88. The average molecular weight is 417 g/mol. The fourth-order valence-electron chi connectivity index (χ4n) is 4.24. The van der Waals surface area contributed by atoms with Gasteiger partial charge in [0.25, 0.3) is 0 Å². The molecule has 4 aromatic rings. The first kappa shape index (κ1) is 18.3. The van der Waals surface area contributed by atoms with Gasteiger partial charge in [-0.15, -0.1) is 10.2 Å². The molecule has 0 atom stereocenters. The van der Waals surface area contributed by atoms with Crippen LogP contribution in [0.3, 0.4) is 0 Å². The third-order valence-electron chi connectivity index (χ3n) is 5.99. The molecule has 158 valence electrons. The van der Waals surface area contributed by atoms with Crippen molar-refractivity contribution in [2.45, 2.75) is 18.9 Å². The van der Waals surface area contributed by atoms with Crippen molar-refractivity contribution in [1.29, 1.82) is 0 Å². The van der Waals surface area contributed by atoms with E-state index in [9.17, 15) is 0 Å². The van der Waals surface area contributed by atoms with Crippen LogP contribution in [0.4, 0.5) is 11.4 Å². The minimum absolute atomic E-state index is 0.390. The van der Waals surface area contributed by atoms with Gasteiger partial charge >= 0.3 is 0 Å². The number of pyridine rings is 1. The molecule has 0 unspecified atom stereocenters. The van der Waals surface area contributed by atoms with Crippen LogP contribution in [-0.4, -0.2) is 64.3 Å². The lowest BCUT2D eigenvalue weighted by Crippen LogP contribution is -2.29. The fraction of sp³-hybridized carbons (Fsp3) is 0.364. The van der Waals surface area contributed by atoms with E-state index in [1.54, 1.807) is 10.7 Å². The molecule has 1 N–H and O–H groups in total. The summed E-state index contributed by atoms with van der Waals surface area (Å²) < 4.78 is 13.1. The standard InChI is InChI=1S/C22H23N7O2/c1-28-9-12-31-20-18(28)13-23-29-21(26-27-22(20)29)17-6-5-14-3-2-4-16(19(14)25-17)24-15-7-10-30-11-8-15/h2-6,13,15,24H,7-12H2,1H3. The molecule has 2 aliphatic rings. The lowest BCUT2D eigenvalue weighted by Gasteiger charge is -2.26. The summed E-state index contributed by atoms with van der Waals surface area (Å²) in [5.41, 5.74) is 4.19. The van der Waals surface area contributed by atoms with Crippen molar-refractivity contribution in [3.8, 4) is 17.3 Å². The number of hydrogen-bond acceptors (Lipinski definition) is 8. The third kappa shape index (κ3) is 3.12. The Kier molecular flexibility index (Phi) is 4.34. The second kappa shape index (κ2) is 7.35. The van der Waals surface area contributed by atoms with E-state index in [0.717, 1.165) is 60.6 Å². The number of ether oxygens (including phenoxy) is 2. The van der Waals surface area contributed by atoms with Crippen molar-refractivity contribution in [2.24, 2.45) is 0 Å². The molecule has 1 saturated heterocycles. The highest BCUT2D eigenvalue weighted by molar-refractivity contribution is 5.92. The van der Waals surface area contributed by atoms with Gasteiger partial charge in [0.2, 0.25) is 11.5 Å². The minimum Gasteiger partial charge on any atom is -0.486 e. The number of benzene rings is 1. The maximum Gasteiger partial charge on any atom is 0.222 e. The molecule has 9 heteroatoms. The van der Waals surface area contributed by atoms with Gasteiger partial charge in [-0.2, -0.15) is 9.61 Å². The second-order valence-electron chi connectivity index (χ2n) is 7.99. The number of likely N-dealkylation sites (N-methyl/N-ethyl adjacent to an activating group) is 1. The Labute approximate surface area is 179 Å². The Balaban J connectivity index is 1.43. The Morgan fingerprint density at radius 3 is 2.87 bits per heavy atom. The second-order valence-corrected chi connectivity index (χ2v) is 7.99. The van der Waals surface area contributed by atoms with Gasteiger partial charge in [-0.05, 0) is 25.0 Å². The minimum atomic E-state index is 0.390. The van der Waals surface area contributed by atoms with Crippen LogP contribution in [0.5, 0.6) is 5.75 Å². The van der Waals surface area contributed by atoms with Crippen LogP contribution in [0.1, 0.15) is 12.8 Å². The highest BCUT2D eigenvalue weighted by Crippen LogP contribution is 2.34. The zero-order chi connectivity index (χ0) is 20.8. The topological polar surface area (TPSA) is 89.7 Å². The summed E-state index contributed by atoms with van der Waals surface area (Å²) in [5, 5.41) is 18.1. The molecule has 0 spiro atoms. The molecule has 3 aromatic heterocycles. The number of nitrogens with zero attached hydrogens (tertiary/aromatic N) is 6. The molecular formula is C22H23N7O2. The summed E-state index contributed by atoms with van der Waals surface area (Å²) in [6.45, 7) is 3.02. The van der Waals surface area contributed by atoms with Gasteiger partial charge in [0.1, 0.15) is 18.0 Å². The van der Waals surface area contributed by atoms with E-state index in [1.807, 2.05) is 13.1 Å². The van der Waals surface area contributed by atoms with Crippen molar-refractivity contribution < 1.29 is 9.47 Å². The quantitative estimate of drug-likeness (QED) is 0.544. The molecule has 1 fully saturated rings. The molecule has 5 heterocycles. The molecule has 6 rings (SSSR count). The van der Waals surface area contributed by atoms with Crippen LogP contribution in [0, 0.1) is 0 Å². The summed E-state index contributed by atoms with van der Waals surface area (Å²) >= 11 is 0. The lowest BCUT2D eigenvalue weighted by atomic mass is 10.1. The number of fused-ring (bicyclic) bond motifs is 4. The zero-order valence-corrected chi connectivity index (χ0v) is 17.3. The van der Waals surface area contributed by atoms with Crippen molar-refractivity contribution >= 4 is 27.9 Å². The van der Waals surface area contributed by atoms with E-state index in [0.29, 0.717) is 29.9 Å². The molecule has 0 aliphatic carbocycles. The first-order valence-electron chi connectivity index (χ1n) is 10.6. The van der Waals surface area contributed by atoms with Gasteiger partial charge in [0, 0.05) is 31.7 Å². The van der Waals surface area contributed by atoms with Gasteiger partial charge in [0.05, 0.1) is 23.9 Å². The highest BCUT2D eigenvalue weighted by Gasteiger charge is 2.23. The largest absolute Gasteiger partial charge is 0.486 e. The smallest absolute Gasteiger partial charge is 0.222 e. The molecule has 0 amide bonds. The number of nitrogens with one attached hydrogen (secondary N) is 1. The predicted octanol–water partition coefficient (Wildman–Crippen LogP) is 2.76. The number of para-hydroxylation sites is 1. The Hall–Kier alpha value is -3.46. The number of aromatic nitrogens is 5. The molecule has 2 aliphatic heterocycles. The summed E-state index contributed by atoms with van der Waals surface area (Å²) in [5.74, 6) is 1.31. The van der Waals surface area contributed by atoms with Crippen LogP contribution in [0.2, 0.25) is 0 Å². The SMILES string of the molecule is CN1CCOc2c1cnn1c(-c3ccc4cccc(NC5CCOCC5)c4n3)nnc21. The Bertz CT molecular complexity index is 1270.